The van der Waals surface area contributed by atoms with Gasteiger partial charge in [-0.1, -0.05) is 18.6 Å². The number of unbranched alkanes of at least 4 members (excludes halogenated alkanes) is 1. The van der Waals surface area contributed by atoms with Crippen molar-refractivity contribution in [2.75, 3.05) is 24.2 Å². The summed E-state index contributed by atoms with van der Waals surface area (Å²) < 4.78 is 31.8. The first-order valence-corrected chi connectivity index (χ1v) is 11.0. The molecule has 1 aliphatic heterocycles. The molecule has 1 amide bonds. The third-order valence-electron chi connectivity index (χ3n) is 4.29. The fourth-order valence-corrected chi connectivity index (χ4v) is 4.62. The zero-order valence-electron chi connectivity index (χ0n) is 15.7. The highest BCUT2D eigenvalue weighted by atomic mass is 32.2. The summed E-state index contributed by atoms with van der Waals surface area (Å²) >= 11 is 0. The lowest BCUT2D eigenvalue weighted by molar-refractivity contribution is -0.116. The van der Waals surface area contributed by atoms with Gasteiger partial charge in [0, 0.05) is 19.5 Å². The minimum atomic E-state index is -3.18. The number of sulfonamides is 1. The van der Waals surface area contributed by atoms with E-state index in [9.17, 15) is 13.2 Å². The van der Waals surface area contributed by atoms with Crippen LogP contribution in [0.25, 0.3) is 0 Å². The Hall–Kier alpha value is -1.60. The molecule has 1 aliphatic rings. The zero-order chi connectivity index (χ0) is 19.0. The molecule has 0 aromatic heterocycles. The number of nitrogens with zero attached hydrogens (tertiary/aromatic N) is 1. The highest BCUT2D eigenvalue weighted by Gasteiger charge is 2.23. The van der Waals surface area contributed by atoms with E-state index in [-0.39, 0.29) is 17.8 Å². The summed E-state index contributed by atoms with van der Waals surface area (Å²) in [5.74, 6) is 0.636. The molecule has 2 rings (SSSR count). The van der Waals surface area contributed by atoms with E-state index in [4.69, 9.17) is 4.74 Å². The Bertz CT molecular complexity index is 683. The number of para-hydroxylation sites is 2. The zero-order valence-corrected chi connectivity index (χ0v) is 16.6. The quantitative estimate of drug-likeness (QED) is 0.664. The number of carbonyl (C=O) groups is 1. The molecule has 7 heteroatoms. The Morgan fingerprint density at radius 3 is 2.54 bits per heavy atom. The smallest absolute Gasteiger partial charge is 0.224 e. The molecule has 1 aromatic carbocycles. The number of carbonyl (C=O) groups excluding carboxylic acids is 1. The average molecular weight is 383 g/mol. The standard InChI is InChI=1S/C19H30N2O4S/c1-16(2)25-18-11-5-4-10-17(18)20-19(22)12-6-9-15-26(23,24)21-13-7-3-8-14-21/h4-5,10-11,16H,3,6-9,12-15H2,1-2H3,(H,20,22). The Labute approximate surface area is 157 Å². The minimum Gasteiger partial charge on any atom is -0.489 e. The third-order valence-corrected chi connectivity index (χ3v) is 6.24. The monoisotopic (exact) mass is 382 g/mol. The molecule has 1 fully saturated rings. The molecule has 1 aromatic rings. The average Bonchev–Trinajstić information content (AvgIpc) is 2.61. The van der Waals surface area contributed by atoms with Gasteiger partial charge in [0.25, 0.3) is 0 Å². The lowest BCUT2D eigenvalue weighted by atomic mass is 10.2. The molecule has 146 valence electrons. The van der Waals surface area contributed by atoms with Gasteiger partial charge in [-0.15, -0.1) is 0 Å². The van der Waals surface area contributed by atoms with Gasteiger partial charge in [0.1, 0.15) is 5.75 Å². The van der Waals surface area contributed by atoms with E-state index < -0.39 is 10.0 Å². The van der Waals surface area contributed by atoms with Crippen molar-refractivity contribution in [1.29, 1.82) is 0 Å². The maximum atomic E-state index is 12.3. The van der Waals surface area contributed by atoms with Gasteiger partial charge in [-0.05, 0) is 51.7 Å². The molecule has 0 bridgehead atoms. The van der Waals surface area contributed by atoms with Crippen LogP contribution in [0.4, 0.5) is 5.69 Å². The number of amides is 1. The first-order valence-electron chi connectivity index (χ1n) is 9.42. The molecule has 26 heavy (non-hydrogen) atoms. The van der Waals surface area contributed by atoms with E-state index in [1.807, 2.05) is 32.0 Å². The first kappa shape index (κ1) is 20.7. The Morgan fingerprint density at radius 1 is 1.15 bits per heavy atom. The summed E-state index contributed by atoms with van der Waals surface area (Å²) in [6.07, 6.45) is 4.36. The summed E-state index contributed by atoms with van der Waals surface area (Å²) in [6, 6.07) is 7.32. The van der Waals surface area contributed by atoms with E-state index in [1.54, 1.807) is 10.4 Å². The second-order valence-corrected chi connectivity index (χ2v) is 9.03. The molecule has 0 aliphatic carbocycles. The minimum absolute atomic E-state index is 0.0213. The topological polar surface area (TPSA) is 75.7 Å². The summed E-state index contributed by atoms with van der Waals surface area (Å²) in [5.41, 5.74) is 0.645. The number of nitrogens with one attached hydrogen (secondary N) is 1. The lowest BCUT2D eigenvalue weighted by Gasteiger charge is -2.25. The van der Waals surface area contributed by atoms with E-state index in [0.29, 0.717) is 43.8 Å². The van der Waals surface area contributed by atoms with Crippen LogP contribution >= 0.6 is 0 Å². The molecule has 0 atom stereocenters. The second-order valence-electron chi connectivity index (χ2n) is 6.94. The van der Waals surface area contributed by atoms with Crippen molar-refractivity contribution in [2.45, 2.75) is 58.5 Å². The fourth-order valence-electron chi connectivity index (χ4n) is 2.98. The predicted molar refractivity (Wildman–Crippen MR) is 104 cm³/mol. The van der Waals surface area contributed by atoms with Crippen molar-refractivity contribution in [3.63, 3.8) is 0 Å². The molecule has 6 nitrogen and oxygen atoms in total. The molecule has 0 unspecified atom stereocenters. The highest BCUT2D eigenvalue weighted by molar-refractivity contribution is 7.89. The Balaban J connectivity index is 1.75. The van der Waals surface area contributed by atoms with E-state index in [2.05, 4.69) is 5.32 Å². The SMILES string of the molecule is CC(C)Oc1ccccc1NC(=O)CCCCS(=O)(=O)N1CCCCC1. The van der Waals surface area contributed by atoms with Gasteiger partial charge in [0.2, 0.25) is 15.9 Å². The van der Waals surface area contributed by atoms with Gasteiger partial charge in [-0.25, -0.2) is 12.7 Å². The van der Waals surface area contributed by atoms with Gasteiger partial charge in [0.05, 0.1) is 17.5 Å². The van der Waals surface area contributed by atoms with Crippen LogP contribution in [0, 0.1) is 0 Å². The number of hydrogen-bond acceptors (Lipinski definition) is 4. The van der Waals surface area contributed by atoms with E-state index >= 15 is 0 Å². The lowest BCUT2D eigenvalue weighted by Crippen LogP contribution is -2.37. The van der Waals surface area contributed by atoms with Crippen LogP contribution in [0.1, 0.15) is 52.4 Å². The number of rotatable bonds is 9. The molecule has 1 saturated heterocycles. The number of benzene rings is 1. The second kappa shape index (κ2) is 9.92. The van der Waals surface area contributed by atoms with E-state index in [0.717, 1.165) is 19.3 Å². The van der Waals surface area contributed by atoms with Crippen molar-refractivity contribution < 1.29 is 17.9 Å². The molecular formula is C19H30N2O4S. The number of anilines is 1. The summed E-state index contributed by atoms with van der Waals surface area (Å²) in [6.45, 7) is 5.13. The third kappa shape index (κ3) is 6.61. The van der Waals surface area contributed by atoms with Crippen LogP contribution in [-0.4, -0.2) is 43.6 Å². The van der Waals surface area contributed by atoms with Crippen LogP contribution in [0.2, 0.25) is 0 Å². The fraction of sp³-hybridized carbons (Fsp3) is 0.632. The molecule has 0 spiro atoms. The van der Waals surface area contributed by atoms with Gasteiger partial charge in [-0.2, -0.15) is 0 Å². The van der Waals surface area contributed by atoms with Crippen molar-refractivity contribution in [1.82, 2.24) is 4.31 Å². The van der Waals surface area contributed by atoms with Crippen LogP contribution in [0.3, 0.4) is 0 Å². The van der Waals surface area contributed by atoms with Crippen molar-refractivity contribution >= 4 is 21.6 Å². The van der Waals surface area contributed by atoms with E-state index in [1.165, 1.54) is 0 Å². The number of hydrogen-bond donors (Lipinski definition) is 1. The number of piperidine rings is 1. The maximum absolute atomic E-state index is 12.3. The van der Waals surface area contributed by atoms with Crippen LogP contribution in [0.5, 0.6) is 5.75 Å². The van der Waals surface area contributed by atoms with Crippen molar-refractivity contribution in [3.05, 3.63) is 24.3 Å². The van der Waals surface area contributed by atoms with Crippen LogP contribution < -0.4 is 10.1 Å². The van der Waals surface area contributed by atoms with Gasteiger partial charge in [-0.3, -0.25) is 4.79 Å². The predicted octanol–water partition coefficient (Wildman–Crippen LogP) is 3.40. The first-order chi connectivity index (χ1) is 12.4. The van der Waals surface area contributed by atoms with Crippen LogP contribution in [0.15, 0.2) is 24.3 Å². The molecule has 0 saturated carbocycles. The molecule has 1 heterocycles. The van der Waals surface area contributed by atoms with Crippen molar-refractivity contribution in [3.8, 4) is 5.75 Å². The van der Waals surface area contributed by atoms with Gasteiger partial charge < -0.3 is 10.1 Å². The van der Waals surface area contributed by atoms with Crippen LogP contribution in [-0.2, 0) is 14.8 Å². The molecule has 1 N–H and O–H groups in total. The summed E-state index contributed by atoms with van der Waals surface area (Å²) in [4.78, 5) is 12.2. The van der Waals surface area contributed by atoms with Crippen molar-refractivity contribution in [2.24, 2.45) is 0 Å². The highest BCUT2D eigenvalue weighted by Crippen LogP contribution is 2.25. The van der Waals surface area contributed by atoms with Gasteiger partial charge in [0.15, 0.2) is 0 Å². The number of ether oxygens (including phenoxy) is 1. The largest absolute Gasteiger partial charge is 0.489 e. The normalized spacial score (nSPS) is 15.8. The maximum Gasteiger partial charge on any atom is 0.224 e. The van der Waals surface area contributed by atoms with Gasteiger partial charge >= 0.3 is 0 Å². The Kier molecular flexibility index (Phi) is 7.90. The molecular weight excluding hydrogens is 352 g/mol. The molecule has 0 radical (unpaired) electrons. The summed E-state index contributed by atoms with van der Waals surface area (Å²) in [5, 5.41) is 2.85. The summed E-state index contributed by atoms with van der Waals surface area (Å²) in [7, 11) is -3.18. The Morgan fingerprint density at radius 2 is 1.85 bits per heavy atom.